The van der Waals surface area contributed by atoms with Gasteiger partial charge in [0.05, 0.1) is 21.9 Å². The first kappa shape index (κ1) is 23.8. The third-order valence-corrected chi connectivity index (χ3v) is 5.73. The highest BCUT2D eigenvalue weighted by Gasteiger charge is 2.10. The van der Waals surface area contributed by atoms with Crippen molar-refractivity contribution in [2.24, 2.45) is 4.99 Å². The summed E-state index contributed by atoms with van der Waals surface area (Å²) in [5, 5.41) is 10.5. The van der Waals surface area contributed by atoms with Gasteiger partial charge in [0.1, 0.15) is 4.88 Å². The molecule has 2 aromatic rings. The molecule has 0 aliphatic rings. The molecule has 0 unspecified atom stereocenters. The molecule has 0 aromatic carbocycles. The Morgan fingerprint density at radius 2 is 1.89 bits per heavy atom. The fourth-order valence-electron chi connectivity index (χ4n) is 2.21. The van der Waals surface area contributed by atoms with Crippen LogP contribution in [0, 0.1) is 20.8 Å². The van der Waals surface area contributed by atoms with Gasteiger partial charge >= 0.3 is 0 Å². The van der Waals surface area contributed by atoms with Crippen LogP contribution in [0.15, 0.2) is 10.5 Å². The quantitative estimate of drug-likeness (QED) is 0.215. The van der Waals surface area contributed by atoms with Crippen LogP contribution < -0.4 is 16.0 Å². The van der Waals surface area contributed by atoms with Gasteiger partial charge in [0.25, 0.3) is 5.91 Å². The van der Waals surface area contributed by atoms with Crippen LogP contribution in [-0.4, -0.2) is 48.0 Å². The number of carbonyl (C=O) groups excluding carboxylic acids is 1. The normalized spacial score (nSPS) is 11.0. The average molecular weight is 522 g/mol. The van der Waals surface area contributed by atoms with Gasteiger partial charge in [0, 0.05) is 37.5 Å². The average Bonchev–Trinajstić information content (AvgIpc) is 3.17. The fourth-order valence-corrected chi connectivity index (χ4v) is 3.85. The molecule has 2 aromatic heterocycles. The Bertz CT molecular complexity index is 739. The molecule has 1 amide bonds. The van der Waals surface area contributed by atoms with E-state index in [-0.39, 0.29) is 29.9 Å². The lowest BCUT2D eigenvalue weighted by Crippen LogP contribution is -2.41. The summed E-state index contributed by atoms with van der Waals surface area (Å²) in [6, 6.07) is 0. The van der Waals surface area contributed by atoms with Gasteiger partial charge < -0.3 is 16.0 Å². The zero-order valence-corrected chi connectivity index (χ0v) is 20.1. The summed E-state index contributed by atoms with van der Waals surface area (Å²) in [6.45, 7) is 10.6. The lowest BCUT2D eigenvalue weighted by atomic mass is 10.4. The van der Waals surface area contributed by atoms with Gasteiger partial charge in [0.15, 0.2) is 5.96 Å². The predicted molar refractivity (Wildman–Crippen MR) is 124 cm³/mol. The van der Waals surface area contributed by atoms with Crippen LogP contribution in [0.5, 0.6) is 0 Å². The lowest BCUT2D eigenvalue weighted by Gasteiger charge is -2.11. The van der Waals surface area contributed by atoms with E-state index in [1.807, 2.05) is 20.8 Å². The Hall–Kier alpha value is -1.27. The number of halogens is 1. The zero-order chi connectivity index (χ0) is 18.9. The minimum absolute atomic E-state index is 0. The second kappa shape index (κ2) is 12.2. The van der Waals surface area contributed by atoms with Crippen molar-refractivity contribution in [1.82, 2.24) is 25.9 Å². The molecule has 0 aliphatic heterocycles. The number of rotatable bonds is 8. The second-order valence-electron chi connectivity index (χ2n) is 5.71. The molecule has 0 saturated heterocycles. The number of aromatic nitrogens is 2. The monoisotopic (exact) mass is 522 g/mol. The molecule has 27 heavy (non-hydrogen) atoms. The Morgan fingerprint density at radius 3 is 2.48 bits per heavy atom. The smallest absolute Gasteiger partial charge is 0.263 e. The van der Waals surface area contributed by atoms with Gasteiger partial charge in [-0.05, 0) is 27.7 Å². The highest BCUT2D eigenvalue weighted by Crippen LogP contribution is 2.16. The summed E-state index contributed by atoms with van der Waals surface area (Å²) in [5.74, 6) is 0.670. The van der Waals surface area contributed by atoms with E-state index in [1.54, 1.807) is 16.8 Å². The predicted octanol–water partition coefficient (Wildman–Crippen LogP) is 2.67. The van der Waals surface area contributed by atoms with Crippen LogP contribution in [0.3, 0.4) is 0 Å². The minimum atomic E-state index is -0.0803. The number of amides is 1. The van der Waals surface area contributed by atoms with Crippen molar-refractivity contribution in [2.75, 3.05) is 26.2 Å². The van der Waals surface area contributed by atoms with E-state index in [0.29, 0.717) is 24.5 Å². The summed E-state index contributed by atoms with van der Waals surface area (Å²) >= 11 is 3.09. The zero-order valence-electron chi connectivity index (χ0n) is 16.1. The number of guanidine groups is 1. The van der Waals surface area contributed by atoms with Crippen molar-refractivity contribution < 1.29 is 4.79 Å². The van der Waals surface area contributed by atoms with Crippen LogP contribution in [0.4, 0.5) is 0 Å². The molecule has 3 N–H and O–H groups in total. The number of carbonyl (C=O) groups is 1. The van der Waals surface area contributed by atoms with E-state index >= 15 is 0 Å². The van der Waals surface area contributed by atoms with Gasteiger partial charge in [-0.3, -0.25) is 9.79 Å². The molecular weight excluding hydrogens is 495 g/mol. The van der Waals surface area contributed by atoms with Gasteiger partial charge in [0.2, 0.25) is 0 Å². The van der Waals surface area contributed by atoms with E-state index in [0.717, 1.165) is 35.3 Å². The number of nitrogens with zero attached hydrogens (tertiary/aromatic N) is 3. The number of nitrogens with one attached hydrogen (secondary N) is 3. The van der Waals surface area contributed by atoms with E-state index in [2.05, 4.69) is 37.8 Å². The molecule has 0 bridgehead atoms. The number of aliphatic imine (C=N–C) groups is 1. The Kier molecular flexibility index (Phi) is 10.8. The first-order valence-electron chi connectivity index (χ1n) is 8.64. The van der Waals surface area contributed by atoms with E-state index < -0.39 is 0 Å². The SMILES string of the molecule is CCNC(=NCCc1nc(C)c(C)s1)NCCNC(=O)c1scnc1C.I. The van der Waals surface area contributed by atoms with Crippen molar-refractivity contribution in [3.8, 4) is 0 Å². The molecule has 10 heteroatoms. The maximum Gasteiger partial charge on any atom is 0.263 e. The van der Waals surface area contributed by atoms with Crippen molar-refractivity contribution in [2.45, 2.75) is 34.1 Å². The highest BCUT2D eigenvalue weighted by atomic mass is 127. The van der Waals surface area contributed by atoms with Crippen LogP contribution in [0.1, 0.15) is 37.9 Å². The molecule has 2 rings (SSSR count). The molecule has 7 nitrogen and oxygen atoms in total. The third-order valence-electron chi connectivity index (χ3n) is 3.67. The Morgan fingerprint density at radius 1 is 1.15 bits per heavy atom. The van der Waals surface area contributed by atoms with Crippen molar-refractivity contribution >= 4 is 58.5 Å². The Labute approximate surface area is 185 Å². The summed E-state index contributed by atoms with van der Waals surface area (Å²) in [4.78, 5) is 27.2. The van der Waals surface area contributed by atoms with E-state index in [1.165, 1.54) is 16.2 Å². The van der Waals surface area contributed by atoms with E-state index in [9.17, 15) is 4.79 Å². The molecule has 0 fully saturated rings. The topological polar surface area (TPSA) is 91.3 Å². The van der Waals surface area contributed by atoms with Crippen LogP contribution in [-0.2, 0) is 6.42 Å². The maximum absolute atomic E-state index is 12.0. The van der Waals surface area contributed by atoms with Crippen LogP contribution in [0.2, 0.25) is 0 Å². The molecule has 2 heterocycles. The second-order valence-corrected chi connectivity index (χ2v) is 7.85. The van der Waals surface area contributed by atoms with Crippen LogP contribution in [0.25, 0.3) is 0 Å². The highest BCUT2D eigenvalue weighted by molar-refractivity contribution is 14.0. The minimum Gasteiger partial charge on any atom is -0.357 e. The van der Waals surface area contributed by atoms with Crippen molar-refractivity contribution in [3.05, 3.63) is 31.7 Å². The maximum atomic E-state index is 12.0. The summed E-state index contributed by atoms with van der Waals surface area (Å²) in [5.41, 5.74) is 3.55. The van der Waals surface area contributed by atoms with Crippen molar-refractivity contribution in [3.63, 3.8) is 0 Å². The number of aryl methyl sites for hydroxylation is 3. The third kappa shape index (κ3) is 7.70. The number of hydrogen-bond acceptors (Lipinski definition) is 6. The van der Waals surface area contributed by atoms with Crippen LogP contribution >= 0.6 is 46.7 Å². The molecule has 0 radical (unpaired) electrons. The van der Waals surface area contributed by atoms with E-state index in [4.69, 9.17) is 0 Å². The summed E-state index contributed by atoms with van der Waals surface area (Å²) in [7, 11) is 0. The molecule has 0 saturated carbocycles. The Balaban J connectivity index is 0.00000364. The lowest BCUT2D eigenvalue weighted by molar-refractivity contribution is 0.0957. The first-order chi connectivity index (χ1) is 12.5. The largest absolute Gasteiger partial charge is 0.357 e. The van der Waals surface area contributed by atoms with Gasteiger partial charge in [-0.1, -0.05) is 0 Å². The number of hydrogen-bond donors (Lipinski definition) is 3. The molecule has 0 aliphatic carbocycles. The van der Waals surface area contributed by atoms with Gasteiger partial charge in [-0.25, -0.2) is 9.97 Å². The standard InChI is InChI=1S/C17H26N6OS2.HI/c1-5-18-17(20-7-6-14-23-11(2)13(4)26-14)21-9-8-19-16(24)15-12(3)22-10-25-15;/h10H,5-9H2,1-4H3,(H,19,24)(H2,18,20,21);1H. The summed E-state index contributed by atoms with van der Waals surface area (Å²) in [6.07, 6.45) is 0.831. The van der Waals surface area contributed by atoms with Gasteiger partial charge in [-0.2, -0.15) is 0 Å². The molecular formula is C17H27IN6OS2. The summed E-state index contributed by atoms with van der Waals surface area (Å²) < 4.78 is 0. The molecule has 0 atom stereocenters. The first-order valence-corrected chi connectivity index (χ1v) is 10.3. The molecule has 150 valence electrons. The fraction of sp³-hybridized carbons (Fsp3) is 0.529. The van der Waals surface area contributed by atoms with Gasteiger partial charge in [-0.15, -0.1) is 46.7 Å². The molecule has 0 spiro atoms. The van der Waals surface area contributed by atoms with Crippen molar-refractivity contribution in [1.29, 1.82) is 0 Å². The number of thiazole rings is 2.